The average Bonchev–Trinajstić information content (AvgIpc) is 3.31. The number of anilines is 2. The van der Waals surface area contributed by atoms with Gasteiger partial charge in [-0.15, -0.1) is 0 Å². The van der Waals surface area contributed by atoms with E-state index < -0.39 is 11.2 Å². The van der Waals surface area contributed by atoms with Gasteiger partial charge in [0, 0.05) is 43.5 Å². The van der Waals surface area contributed by atoms with Crippen LogP contribution in [0.3, 0.4) is 0 Å². The number of aliphatic hydroxyl groups excluding tert-OH is 1. The Hall–Kier alpha value is -3.17. The van der Waals surface area contributed by atoms with Crippen molar-refractivity contribution in [3.63, 3.8) is 0 Å². The summed E-state index contributed by atoms with van der Waals surface area (Å²) in [6.07, 6.45) is 9.11. The van der Waals surface area contributed by atoms with Crippen LogP contribution in [0.1, 0.15) is 48.5 Å². The highest BCUT2D eigenvalue weighted by molar-refractivity contribution is 6.09. The summed E-state index contributed by atoms with van der Waals surface area (Å²) in [5, 5.41) is 27.7. The number of fused-ring (bicyclic) bond motifs is 2. The maximum atomic E-state index is 13.3. The fourth-order valence-corrected chi connectivity index (χ4v) is 5.37. The van der Waals surface area contributed by atoms with Crippen LogP contribution >= 0.6 is 0 Å². The number of aliphatic hydroxyl groups is 2. The number of aromatic nitrogens is 3. The van der Waals surface area contributed by atoms with Gasteiger partial charge in [0.05, 0.1) is 29.8 Å². The maximum absolute atomic E-state index is 13.3. The summed E-state index contributed by atoms with van der Waals surface area (Å²) in [6, 6.07) is 5.70. The molecule has 9 nitrogen and oxygen atoms in total. The Morgan fingerprint density at radius 3 is 2.82 bits per heavy atom. The van der Waals surface area contributed by atoms with Gasteiger partial charge in [-0.25, -0.2) is 9.50 Å². The Labute approximate surface area is 197 Å². The van der Waals surface area contributed by atoms with Gasteiger partial charge in [0.15, 0.2) is 5.65 Å². The standard InChI is InChI=1S/C25H29N5O4/c1-24(15-31)13-16-11-19(28-23(32)18-14-27-30-8-2-7-26-22(18)30)20(12-21(16)34-24)29-9-3-17(4-10-29)25(33)5-6-25/h2,7-8,11-12,14,17,31,33H,3-6,9-10,13,15H2,1H3,(H,28,32). The summed E-state index contributed by atoms with van der Waals surface area (Å²) in [7, 11) is 0. The second-order valence-electron chi connectivity index (χ2n) is 10.1. The molecule has 1 aromatic carbocycles. The molecule has 9 heteroatoms. The molecule has 1 saturated carbocycles. The van der Waals surface area contributed by atoms with Crippen LogP contribution in [0, 0.1) is 5.92 Å². The van der Waals surface area contributed by atoms with E-state index in [1.165, 1.54) is 6.20 Å². The molecule has 2 aliphatic heterocycles. The summed E-state index contributed by atoms with van der Waals surface area (Å²) >= 11 is 0. The number of amides is 1. The molecular weight excluding hydrogens is 434 g/mol. The second kappa shape index (κ2) is 7.68. The van der Waals surface area contributed by atoms with Crippen molar-refractivity contribution in [2.24, 2.45) is 5.92 Å². The third kappa shape index (κ3) is 3.59. The topological polar surface area (TPSA) is 112 Å². The van der Waals surface area contributed by atoms with E-state index in [1.807, 2.05) is 19.1 Å². The van der Waals surface area contributed by atoms with Gasteiger partial charge in [-0.05, 0) is 50.7 Å². The van der Waals surface area contributed by atoms with Gasteiger partial charge in [-0.3, -0.25) is 4.79 Å². The summed E-state index contributed by atoms with van der Waals surface area (Å²) in [5.74, 6) is 0.793. The predicted octanol–water partition coefficient (Wildman–Crippen LogP) is 2.41. The van der Waals surface area contributed by atoms with Crippen LogP contribution in [-0.4, -0.2) is 61.6 Å². The van der Waals surface area contributed by atoms with Gasteiger partial charge in [0.1, 0.15) is 16.9 Å². The quantitative estimate of drug-likeness (QED) is 0.533. The second-order valence-corrected chi connectivity index (χ2v) is 10.1. The van der Waals surface area contributed by atoms with Crippen molar-refractivity contribution in [3.05, 3.63) is 47.9 Å². The van der Waals surface area contributed by atoms with E-state index in [0.29, 0.717) is 29.2 Å². The van der Waals surface area contributed by atoms with Crippen LogP contribution in [0.4, 0.5) is 11.4 Å². The lowest BCUT2D eigenvalue weighted by Gasteiger charge is -2.37. The summed E-state index contributed by atoms with van der Waals surface area (Å²) < 4.78 is 7.67. The number of rotatable bonds is 5. The highest BCUT2D eigenvalue weighted by Crippen LogP contribution is 2.48. The Morgan fingerprint density at radius 1 is 1.29 bits per heavy atom. The van der Waals surface area contributed by atoms with Gasteiger partial charge in [-0.1, -0.05) is 0 Å². The molecular formula is C25H29N5O4. The molecule has 1 amide bonds. The normalized spacial score (nSPS) is 23.6. The summed E-state index contributed by atoms with van der Waals surface area (Å²) in [6.45, 7) is 3.39. The lowest BCUT2D eigenvalue weighted by Crippen LogP contribution is -2.39. The van der Waals surface area contributed by atoms with Crippen LogP contribution in [0.25, 0.3) is 5.65 Å². The number of carbonyl (C=O) groups is 1. The molecule has 34 heavy (non-hydrogen) atoms. The van der Waals surface area contributed by atoms with E-state index in [2.05, 4.69) is 20.3 Å². The number of ether oxygens (including phenoxy) is 1. The van der Waals surface area contributed by atoms with E-state index in [1.54, 1.807) is 23.0 Å². The number of nitrogens with zero attached hydrogens (tertiary/aromatic N) is 4. The molecule has 3 N–H and O–H groups in total. The molecule has 1 unspecified atom stereocenters. The lowest BCUT2D eigenvalue weighted by molar-refractivity contribution is 0.0446. The number of hydrogen-bond acceptors (Lipinski definition) is 7. The molecule has 0 spiro atoms. The number of piperidine rings is 1. The number of hydrogen-bond donors (Lipinski definition) is 3. The predicted molar refractivity (Wildman–Crippen MR) is 126 cm³/mol. The Balaban J connectivity index is 1.32. The molecule has 6 rings (SSSR count). The van der Waals surface area contributed by atoms with Crippen molar-refractivity contribution >= 4 is 22.9 Å². The number of benzene rings is 1. The molecule has 1 atom stereocenters. The molecule has 3 aromatic rings. The minimum absolute atomic E-state index is 0.0866. The summed E-state index contributed by atoms with van der Waals surface area (Å²) in [5.41, 5.74) is 2.31. The van der Waals surface area contributed by atoms with Gasteiger partial charge in [0.25, 0.3) is 5.91 Å². The maximum Gasteiger partial charge on any atom is 0.261 e. The highest BCUT2D eigenvalue weighted by atomic mass is 16.5. The largest absolute Gasteiger partial charge is 0.484 e. The third-order valence-corrected chi connectivity index (χ3v) is 7.56. The van der Waals surface area contributed by atoms with Gasteiger partial charge in [-0.2, -0.15) is 5.10 Å². The molecule has 0 bridgehead atoms. The fourth-order valence-electron chi connectivity index (χ4n) is 5.37. The zero-order valence-corrected chi connectivity index (χ0v) is 19.2. The van der Waals surface area contributed by atoms with Crippen molar-refractivity contribution in [3.8, 4) is 5.75 Å². The van der Waals surface area contributed by atoms with Crippen molar-refractivity contribution < 1.29 is 19.7 Å². The first kappa shape index (κ1) is 21.4. The van der Waals surface area contributed by atoms with Crippen molar-refractivity contribution in [1.29, 1.82) is 0 Å². The smallest absolute Gasteiger partial charge is 0.261 e. The van der Waals surface area contributed by atoms with Crippen LogP contribution < -0.4 is 15.0 Å². The summed E-state index contributed by atoms with van der Waals surface area (Å²) in [4.78, 5) is 19.8. The molecule has 3 aliphatic rings. The van der Waals surface area contributed by atoms with Crippen LogP contribution in [0.2, 0.25) is 0 Å². The number of carbonyl (C=O) groups excluding carboxylic acids is 1. The van der Waals surface area contributed by atoms with E-state index in [-0.39, 0.29) is 12.5 Å². The Morgan fingerprint density at radius 2 is 2.09 bits per heavy atom. The van der Waals surface area contributed by atoms with E-state index >= 15 is 0 Å². The zero-order chi connectivity index (χ0) is 23.5. The van der Waals surface area contributed by atoms with Crippen molar-refractivity contribution in [2.45, 2.75) is 50.2 Å². The number of nitrogens with one attached hydrogen (secondary N) is 1. The van der Waals surface area contributed by atoms with Crippen LogP contribution in [0.15, 0.2) is 36.8 Å². The molecule has 178 valence electrons. The van der Waals surface area contributed by atoms with E-state index in [0.717, 1.165) is 55.8 Å². The molecule has 2 aromatic heterocycles. The van der Waals surface area contributed by atoms with Gasteiger partial charge < -0.3 is 25.2 Å². The third-order valence-electron chi connectivity index (χ3n) is 7.56. The SMILES string of the molecule is CC1(CO)Cc2cc(NC(=O)c3cnn4cccnc34)c(N3CCC(C4(O)CC4)CC3)cc2O1. The van der Waals surface area contributed by atoms with Gasteiger partial charge in [0.2, 0.25) is 0 Å². The van der Waals surface area contributed by atoms with Crippen LogP contribution in [0.5, 0.6) is 5.75 Å². The van der Waals surface area contributed by atoms with E-state index in [9.17, 15) is 15.0 Å². The highest BCUT2D eigenvalue weighted by Gasteiger charge is 2.48. The van der Waals surface area contributed by atoms with Crippen molar-refractivity contribution in [2.75, 3.05) is 29.9 Å². The minimum atomic E-state index is -0.670. The van der Waals surface area contributed by atoms with Crippen LogP contribution in [-0.2, 0) is 6.42 Å². The molecule has 1 saturated heterocycles. The molecule has 2 fully saturated rings. The Bertz CT molecular complexity index is 1260. The first-order valence-corrected chi connectivity index (χ1v) is 11.9. The average molecular weight is 464 g/mol. The van der Waals surface area contributed by atoms with Crippen molar-refractivity contribution in [1.82, 2.24) is 14.6 Å². The monoisotopic (exact) mass is 463 g/mol. The fraction of sp³-hybridized carbons (Fsp3) is 0.480. The lowest BCUT2D eigenvalue weighted by atomic mass is 9.89. The molecule has 1 aliphatic carbocycles. The first-order chi connectivity index (χ1) is 16.4. The minimum Gasteiger partial charge on any atom is -0.484 e. The molecule has 4 heterocycles. The zero-order valence-electron chi connectivity index (χ0n) is 19.2. The first-order valence-electron chi connectivity index (χ1n) is 11.9. The Kier molecular flexibility index (Phi) is 4.82. The molecule has 0 radical (unpaired) electrons. The van der Waals surface area contributed by atoms with E-state index in [4.69, 9.17) is 4.74 Å². The van der Waals surface area contributed by atoms with Gasteiger partial charge >= 0.3 is 0 Å².